The lowest BCUT2D eigenvalue weighted by atomic mass is 10.6. The third kappa shape index (κ3) is 0.874. The molecule has 2 rings (SSSR count). The van der Waals surface area contributed by atoms with E-state index in [1.165, 1.54) is 0 Å². The van der Waals surface area contributed by atoms with E-state index in [0.29, 0.717) is 5.15 Å². The predicted octanol–water partition coefficient (Wildman–Crippen LogP) is 1.54. The molecule has 0 saturated heterocycles. The van der Waals surface area contributed by atoms with Crippen LogP contribution >= 0.6 is 22.9 Å². The van der Waals surface area contributed by atoms with E-state index in [-0.39, 0.29) is 0 Å². The summed E-state index contributed by atoms with van der Waals surface area (Å²) in [5.41, 5.74) is 0. The minimum absolute atomic E-state index is 0.524. The Morgan fingerprint density at radius 2 is 2.40 bits per heavy atom. The van der Waals surface area contributed by atoms with Gasteiger partial charge in [-0.05, 0) is 10.6 Å². The van der Waals surface area contributed by atoms with Crippen LogP contribution in [0.4, 0.5) is 0 Å². The Morgan fingerprint density at radius 1 is 1.50 bits per heavy atom. The fourth-order valence-electron chi connectivity index (χ4n) is 0.760. The van der Waals surface area contributed by atoms with Crippen LogP contribution in [0.1, 0.15) is 0 Å². The lowest BCUT2D eigenvalue weighted by Crippen LogP contribution is -2.22. The Kier molecular flexibility index (Phi) is 1.32. The molecule has 2 aromatic heterocycles. The van der Waals surface area contributed by atoms with Crippen molar-refractivity contribution in [1.29, 1.82) is 0 Å². The molecule has 0 radical (unpaired) electrons. The average molecular weight is 172 g/mol. The van der Waals surface area contributed by atoms with Crippen LogP contribution in [0.3, 0.4) is 0 Å². The fourth-order valence-corrected chi connectivity index (χ4v) is 1.58. The zero-order chi connectivity index (χ0) is 6.97. The summed E-state index contributed by atoms with van der Waals surface area (Å²) >= 11 is 7.29. The molecule has 0 atom stereocenters. The van der Waals surface area contributed by atoms with E-state index < -0.39 is 0 Å². The molecule has 0 fully saturated rings. The van der Waals surface area contributed by atoms with Gasteiger partial charge in [0.2, 0.25) is 6.20 Å². The van der Waals surface area contributed by atoms with Gasteiger partial charge in [-0.1, -0.05) is 22.9 Å². The van der Waals surface area contributed by atoms with Gasteiger partial charge in [-0.25, -0.2) is 0 Å². The van der Waals surface area contributed by atoms with Crippen LogP contribution in [0.25, 0.3) is 4.83 Å². The number of hydrogen-bond acceptors (Lipinski definition) is 2. The highest BCUT2D eigenvalue weighted by atomic mass is 35.5. The second-order valence-corrected chi connectivity index (χ2v) is 3.16. The Morgan fingerprint density at radius 3 is 3.30 bits per heavy atom. The molecule has 0 aliphatic carbocycles. The molecule has 4 heteroatoms. The van der Waals surface area contributed by atoms with Crippen LogP contribution in [0.5, 0.6) is 0 Å². The van der Waals surface area contributed by atoms with Gasteiger partial charge in [0.15, 0.2) is 5.15 Å². The van der Waals surface area contributed by atoms with Gasteiger partial charge in [-0.2, -0.15) is 0 Å². The molecule has 2 aromatic rings. The Hall–Kier alpha value is -0.670. The van der Waals surface area contributed by atoms with Crippen LogP contribution in [-0.4, -0.2) is 5.10 Å². The van der Waals surface area contributed by atoms with Gasteiger partial charge < -0.3 is 0 Å². The first-order chi connectivity index (χ1) is 4.86. The summed E-state index contributed by atoms with van der Waals surface area (Å²) in [5.74, 6) is 0. The minimum atomic E-state index is 0.524. The lowest BCUT2D eigenvalue weighted by molar-refractivity contribution is -0.576. The maximum atomic E-state index is 5.65. The van der Waals surface area contributed by atoms with Crippen LogP contribution in [0.15, 0.2) is 23.7 Å². The van der Waals surface area contributed by atoms with Crippen molar-refractivity contribution in [3.8, 4) is 0 Å². The first-order valence-electron chi connectivity index (χ1n) is 2.78. The summed E-state index contributed by atoms with van der Waals surface area (Å²) in [6.07, 6.45) is 1.88. The van der Waals surface area contributed by atoms with E-state index in [1.54, 1.807) is 21.9 Å². The van der Waals surface area contributed by atoms with E-state index in [2.05, 4.69) is 5.10 Å². The smallest absolute Gasteiger partial charge is 0.0682 e. The molecule has 0 unspecified atom stereocenters. The second-order valence-electron chi connectivity index (χ2n) is 1.84. The highest BCUT2D eigenvalue weighted by Gasteiger charge is 2.04. The second kappa shape index (κ2) is 2.18. The number of fused-ring (bicyclic) bond motifs is 1. The van der Waals surface area contributed by atoms with E-state index in [9.17, 15) is 0 Å². The van der Waals surface area contributed by atoms with Crippen molar-refractivity contribution in [2.24, 2.45) is 0 Å². The van der Waals surface area contributed by atoms with Gasteiger partial charge in [0.1, 0.15) is 0 Å². The number of aromatic nitrogens is 2. The van der Waals surface area contributed by atoms with Gasteiger partial charge in [0, 0.05) is 11.2 Å². The maximum Gasteiger partial charge on any atom is 0.293 e. The highest BCUT2D eigenvalue weighted by Crippen LogP contribution is 2.06. The van der Waals surface area contributed by atoms with E-state index in [0.717, 1.165) is 4.83 Å². The molecule has 2 nitrogen and oxygen atoms in total. The van der Waals surface area contributed by atoms with Crippen molar-refractivity contribution in [3.63, 3.8) is 0 Å². The number of nitrogens with zero attached hydrogens (tertiary/aromatic N) is 2. The molecule has 0 spiro atoms. The van der Waals surface area contributed by atoms with Crippen molar-refractivity contribution in [2.75, 3.05) is 0 Å². The number of hydrogen-bond donors (Lipinski definition) is 0. The van der Waals surface area contributed by atoms with Gasteiger partial charge in [0.05, 0.1) is 5.38 Å². The molecule has 0 amide bonds. The Labute approximate surface area is 66.7 Å². The Balaban J connectivity index is 2.86. The van der Waals surface area contributed by atoms with Crippen LogP contribution in [-0.2, 0) is 0 Å². The van der Waals surface area contributed by atoms with Crippen LogP contribution in [0, 0.1) is 0 Å². The van der Waals surface area contributed by atoms with Gasteiger partial charge >= 0.3 is 0 Å². The van der Waals surface area contributed by atoms with E-state index in [4.69, 9.17) is 11.6 Å². The number of thiazole rings is 1. The molecular formula is C6H4ClN2S+. The lowest BCUT2D eigenvalue weighted by Gasteiger charge is -1.78. The molecule has 0 N–H and O–H groups in total. The standard InChI is InChI=1S/C6H4ClN2S/c7-5-1-2-6-9(8-5)3-4-10-6/h1-4H/q+1. The minimum Gasteiger partial charge on any atom is -0.0682 e. The van der Waals surface area contributed by atoms with Crippen molar-refractivity contribution >= 4 is 27.8 Å². The number of rotatable bonds is 0. The average Bonchev–Trinajstić information content (AvgIpc) is 2.33. The quantitative estimate of drug-likeness (QED) is 0.550. The zero-order valence-corrected chi connectivity index (χ0v) is 6.56. The van der Waals surface area contributed by atoms with E-state index in [1.807, 2.05) is 17.6 Å². The first-order valence-corrected chi connectivity index (χ1v) is 4.04. The molecular weight excluding hydrogens is 168 g/mol. The summed E-state index contributed by atoms with van der Waals surface area (Å²) in [7, 11) is 0. The first kappa shape index (κ1) is 6.07. The van der Waals surface area contributed by atoms with Crippen molar-refractivity contribution < 1.29 is 4.52 Å². The monoisotopic (exact) mass is 171 g/mol. The Bertz CT molecular complexity index is 357. The topological polar surface area (TPSA) is 17.0 Å². The SMILES string of the molecule is Clc1ccc2scc[n+]2n1. The molecule has 2 heterocycles. The maximum absolute atomic E-state index is 5.65. The summed E-state index contributed by atoms with van der Waals surface area (Å²) in [6, 6.07) is 3.73. The summed E-state index contributed by atoms with van der Waals surface area (Å²) in [4.78, 5) is 1.10. The highest BCUT2D eigenvalue weighted by molar-refractivity contribution is 7.14. The van der Waals surface area contributed by atoms with Crippen LogP contribution in [0.2, 0.25) is 5.15 Å². The predicted molar refractivity (Wildman–Crippen MR) is 40.3 cm³/mol. The van der Waals surface area contributed by atoms with Crippen molar-refractivity contribution in [1.82, 2.24) is 5.10 Å². The third-order valence-electron chi connectivity index (χ3n) is 1.18. The third-order valence-corrected chi connectivity index (χ3v) is 2.21. The van der Waals surface area contributed by atoms with Crippen molar-refractivity contribution in [2.45, 2.75) is 0 Å². The molecule has 0 bridgehead atoms. The van der Waals surface area contributed by atoms with Gasteiger partial charge in [-0.15, -0.1) is 0 Å². The molecule has 0 aromatic carbocycles. The normalized spacial score (nSPS) is 10.5. The van der Waals surface area contributed by atoms with Crippen LogP contribution < -0.4 is 4.52 Å². The summed E-state index contributed by atoms with van der Waals surface area (Å²) < 4.78 is 1.76. The zero-order valence-electron chi connectivity index (χ0n) is 4.99. The molecule has 0 saturated carbocycles. The molecule has 10 heavy (non-hydrogen) atoms. The summed E-state index contributed by atoms with van der Waals surface area (Å²) in [6.45, 7) is 0. The van der Waals surface area contributed by atoms with E-state index >= 15 is 0 Å². The molecule has 50 valence electrons. The van der Waals surface area contributed by atoms with Gasteiger partial charge in [-0.3, -0.25) is 0 Å². The molecule has 0 aliphatic heterocycles. The van der Waals surface area contributed by atoms with Crippen molar-refractivity contribution in [3.05, 3.63) is 28.9 Å². The fraction of sp³-hybridized carbons (Fsp3) is 0. The largest absolute Gasteiger partial charge is 0.293 e. The summed E-state index contributed by atoms with van der Waals surface area (Å²) in [5, 5.41) is 6.52. The number of halogens is 1. The molecule has 0 aliphatic rings. The van der Waals surface area contributed by atoms with Gasteiger partial charge in [0.25, 0.3) is 4.83 Å².